The third-order valence-corrected chi connectivity index (χ3v) is 5.40. The second-order valence-corrected chi connectivity index (χ2v) is 8.64. The van der Waals surface area contributed by atoms with E-state index in [0.717, 1.165) is 5.56 Å². The summed E-state index contributed by atoms with van der Waals surface area (Å²) in [5.41, 5.74) is 2.65. The predicted molar refractivity (Wildman–Crippen MR) is 128 cm³/mol. The first-order chi connectivity index (χ1) is 15.3. The lowest BCUT2D eigenvalue weighted by Crippen LogP contribution is -2.17. The van der Waals surface area contributed by atoms with E-state index in [1.54, 1.807) is 67.8 Å². The number of carbonyl (C=O) groups excluding carboxylic acids is 1. The first kappa shape index (κ1) is 21.4. The molecule has 4 aromatic rings. The van der Waals surface area contributed by atoms with Gasteiger partial charge in [-0.1, -0.05) is 57.2 Å². The standard InChI is InChI=1S/C27H25NO4/c1-27(2,3)19-14-12-17(13-15-19)25(30)28-26-23(18-8-7-9-20(16-18)31-4)24(29)21-10-5-6-11-22(21)32-26/h5-16H,1-4H3,(H,28,30). The molecule has 1 amide bonds. The topological polar surface area (TPSA) is 68.5 Å². The zero-order valence-corrected chi connectivity index (χ0v) is 18.6. The minimum Gasteiger partial charge on any atom is -0.497 e. The first-order valence-corrected chi connectivity index (χ1v) is 10.4. The van der Waals surface area contributed by atoms with Gasteiger partial charge < -0.3 is 9.15 Å². The number of amides is 1. The molecule has 0 aliphatic heterocycles. The smallest absolute Gasteiger partial charge is 0.257 e. The van der Waals surface area contributed by atoms with E-state index in [1.165, 1.54) is 0 Å². The van der Waals surface area contributed by atoms with Crippen LogP contribution in [0.5, 0.6) is 5.75 Å². The SMILES string of the molecule is COc1cccc(-c2c(NC(=O)c3ccc(C(C)(C)C)cc3)oc3ccccc3c2=O)c1. The minimum atomic E-state index is -0.354. The van der Waals surface area contributed by atoms with Crippen LogP contribution in [0.25, 0.3) is 22.1 Å². The van der Waals surface area contributed by atoms with Crippen molar-refractivity contribution in [3.8, 4) is 16.9 Å². The molecule has 32 heavy (non-hydrogen) atoms. The molecule has 5 nitrogen and oxygen atoms in total. The Morgan fingerprint density at radius 1 is 0.938 bits per heavy atom. The lowest BCUT2D eigenvalue weighted by Gasteiger charge is -2.19. The lowest BCUT2D eigenvalue weighted by atomic mass is 9.87. The molecule has 1 aromatic heterocycles. The van der Waals surface area contributed by atoms with Crippen LogP contribution in [0, 0.1) is 0 Å². The molecule has 0 fully saturated rings. The quantitative estimate of drug-likeness (QED) is 0.432. The fourth-order valence-electron chi connectivity index (χ4n) is 3.57. The van der Waals surface area contributed by atoms with Gasteiger partial charge in [0.05, 0.1) is 18.1 Å². The molecule has 162 valence electrons. The Morgan fingerprint density at radius 3 is 2.34 bits per heavy atom. The summed E-state index contributed by atoms with van der Waals surface area (Å²) in [4.78, 5) is 26.4. The van der Waals surface area contributed by atoms with Crippen LogP contribution in [-0.4, -0.2) is 13.0 Å². The second-order valence-electron chi connectivity index (χ2n) is 8.64. The van der Waals surface area contributed by atoms with Gasteiger partial charge in [-0.15, -0.1) is 0 Å². The van der Waals surface area contributed by atoms with E-state index in [4.69, 9.17) is 9.15 Å². The summed E-state index contributed by atoms with van der Waals surface area (Å²) in [6.45, 7) is 6.35. The van der Waals surface area contributed by atoms with Crippen molar-refractivity contribution in [2.45, 2.75) is 26.2 Å². The molecule has 0 spiro atoms. The van der Waals surface area contributed by atoms with Gasteiger partial charge in [0, 0.05) is 5.56 Å². The van der Waals surface area contributed by atoms with Crippen molar-refractivity contribution in [2.75, 3.05) is 12.4 Å². The Bertz CT molecular complexity index is 1340. The molecule has 5 heteroatoms. The molecule has 4 rings (SSSR count). The van der Waals surface area contributed by atoms with Crippen LogP contribution >= 0.6 is 0 Å². The maximum Gasteiger partial charge on any atom is 0.257 e. The molecule has 0 saturated carbocycles. The molecule has 0 aliphatic carbocycles. The molecule has 0 saturated heterocycles. The molecule has 0 radical (unpaired) electrons. The highest BCUT2D eigenvalue weighted by Gasteiger charge is 2.20. The van der Waals surface area contributed by atoms with Crippen molar-refractivity contribution >= 4 is 22.8 Å². The minimum absolute atomic E-state index is 0.0142. The van der Waals surface area contributed by atoms with E-state index in [9.17, 15) is 9.59 Å². The lowest BCUT2D eigenvalue weighted by molar-refractivity contribution is 0.102. The summed E-state index contributed by atoms with van der Waals surface area (Å²) < 4.78 is 11.3. The van der Waals surface area contributed by atoms with Gasteiger partial charge in [-0.3, -0.25) is 14.9 Å². The number of anilines is 1. The molecule has 3 aromatic carbocycles. The van der Waals surface area contributed by atoms with Crippen molar-refractivity contribution < 1.29 is 13.9 Å². The first-order valence-electron chi connectivity index (χ1n) is 10.4. The Labute approximate surface area is 186 Å². The number of benzene rings is 3. The zero-order valence-electron chi connectivity index (χ0n) is 18.6. The Morgan fingerprint density at radius 2 is 1.66 bits per heavy atom. The summed E-state index contributed by atoms with van der Waals surface area (Å²) in [6, 6.07) is 21.5. The number of rotatable bonds is 4. The van der Waals surface area contributed by atoms with Crippen LogP contribution < -0.4 is 15.5 Å². The van der Waals surface area contributed by atoms with Crippen LogP contribution in [0.2, 0.25) is 0 Å². The van der Waals surface area contributed by atoms with E-state index in [1.807, 2.05) is 12.1 Å². The van der Waals surface area contributed by atoms with Crippen LogP contribution in [0.4, 0.5) is 5.88 Å². The van der Waals surface area contributed by atoms with Gasteiger partial charge >= 0.3 is 0 Å². The van der Waals surface area contributed by atoms with Gasteiger partial charge in [0.1, 0.15) is 11.3 Å². The summed E-state index contributed by atoms with van der Waals surface area (Å²) >= 11 is 0. The average molecular weight is 428 g/mol. The van der Waals surface area contributed by atoms with Crippen molar-refractivity contribution in [1.82, 2.24) is 0 Å². The van der Waals surface area contributed by atoms with Gasteiger partial charge in [-0.05, 0) is 52.9 Å². The van der Waals surface area contributed by atoms with Gasteiger partial charge in [0.25, 0.3) is 5.91 Å². The van der Waals surface area contributed by atoms with Crippen LogP contribution in [0.1, 0.15) is 36.7 Å². The van der Waals surface area contributed by atoms with E-state index in [2.05, 4.69) is 26.1 Å². The number of hydrogen-bond donors (Lipinski definition) is 1. The molecule has 0 atom stereocenters. The molecular formula is C27H25NO4. The van der Waals surface area contributed by atoms with Crippen molar-refractivity contribution in [2.24, 2.45) is 0 Å². The van der Waals surface area contributed by atoms with Crippen LogP contribution in [0.15, 0.2) is 82.0 Å². The van der Waals surface area contributed by atoms with Crippen LogP contribution in [-0.2, 0) is 5.41 Å². The maximum atomic E-state index is 13.4. The highest BCUT2D eigenvalue weighted by molar-refractivity contribution is 6.06. The fraction of sp³-hybridized carbons (Fsp3) is 0.185. The van der Waals surface area contributed by atoms with Gasteiger partial charge in [0.15, 0.2) is 0 Å². The number of fused-ring (bicyclic) bond motifs is 1. The molecule has 0 unspecified atom stereocenters. The van der Waals surface area contributed by atoms with Gasteiger partial charge in [-0.2, -0.15) is 0 Å². The van der Waals surface area contributed by atoms with Gasteiger partial charge in [-0.25, -0.2) is 0 Å². The number of para-hydroxylation sites is 1. The number of carbonyl (C=O) groups is 1. The molecule has 0 aliphatic rings. The van der Waals surface area contributed by atoms with Crippen molar-refractivity contribution in [3.63, 3.8) is 0 Å². The Kier molecular flexibility index (Phi) is 5.57. The summed E-state index contributed by atoms with van der Waals surface area (Å²) in [5.74, 6) is 0.352. The maximum absolute atomic E-state index is 13.4. The number of hydrogen-bond acceptors (Lipinski definition) is 4. The predicted octanol–water partition coefficient (Wildman–Crippen LogP) is 6.02. The van der Waals surface area contributed by atoms with Crippen LogP contribution in [0.3, 0.4) is 0 Å². The third kappa shape index (κ3) is 4.14. The summed E-state index contributed by atoms with van der Waals surface area (Å²) in [5, 5.41) is 3.25. The highest BCUT2D eigenvalue weighted by atomic mass is 16.5. The second kappa shape index (κ2) is 8.35. The van der Waals surface area contributed by atoms with E-state index in [-0.39, 0.29) is 28.2 Å². The zero-order chi connectivity index (χ0) is 22.9. The summed E-state index contributed by atoms with van der Waals surface area (Å²) in [7, 11) is 1.56. The van der Waals surface area contributed by atoms with Gasteiger partial charge in [0.2, 0.25) is 11.3 Å². The molecule has 1 heterocycles. The van der Waals surface area contributed by atoms with Crippen molar-refractivity contribution in [1.29, 1.82) is 0 Å². The third-order valence-electron chi connectivity index (χ3n) is 5.40. The molecule has 1 N–H and O–H groups in total. The fourth-order valence-corrected chi connectivity index (χ4v) is 3.57. The molecule has 0 bridgehead atoms. The van der Waals surface area contributed by atoms with E-state index in [0.29, 0.717) is 27.8 Å². The van der Waals surface area contributed by atoms with E-state index < -0.39 is 0 Å². The highest BCUT2D eigenvalue weighted by Crippen LogP contribution is 2.31. The summed E-state index contributed by atoms with van der Waals surface area (Å²) in [6.07, 6.45) is 0. The average Bonchev–Trinajstić information content (AvgIpc) is 2.79. The monoisotopic (exact) mass is 427 g/mol. The normalized spacial score (nSPS) is 11.4. The van der Waals surface area contributed by atoms with Crippen molar-refractivity contribution in [3.05, 3.63) is 94.1 Å². The number of ether oxygens (including phenoxy) is 1. The Hall–Kier alpha value is -3.86. The number of nitrogens with one attached hydrogen (secondary N) is 1. The Balaban J connectivity index is 1.80. The number of methoxy groups -OCH3 is 1. The largest absolute Gasteiger partial charge is 0.497 e. The molecular weight excluding hydrogens is 402 g/mol. The van der Waals surface area contributed by atoms with E-state index >= 15 is 0 Å².